The Hall–Kier alpha value is -1.27. The lowest BCUT2D eigenvalue weighted by atomic mass is 10.1. The van der Waals surface area contributed by atoms with Crippen LogP contribution in [0.1, 0.15) is 17.3 Å². The minimum absolute atomic E-state index is 0.00407. The number of hydrogen-bond donors (Lipinski definition) is 0. The highest BCUT2D eigenvalue weighted by Crippen LogP contribution is 2.33. The Balaban J connectivity index is 1.78. The minimum Gasteiger partial charge on any atom is -0.454 e. The van der Waals surface area contributed by atoms with Crippen molar-refractivity contribution in [2.45, 2.75) is 19.1 Å². The van der Waals surface area contributed by atoms with Crippen LogP contribution in [0.15, 0.2) is 18.2 Å². The van der Waals surface area contributed by atoms with Crippen molar-refractivity contribution in [1.29, 1.82) is 0 Å². The van der Waals surface area contributed by atoms with Crippen LogP contribution in [-0.4, -0.2) is 48.2 Å². The lowest BCUT2D eigenvalue weighted by Gasteiger charge is -2.36. The summed E-state index contributed by atoms with van der Waals surface area (Å²) in [7, 11) is 0. The summed E-state index contributed by atoms with van der Waals surface area (Å²) < 4.78 is 16.3. The molecule has 0 bridgehead atoms. The second-order valence-electron chi connectivity index (χ2n) is 5.00. The monoisotopic (exact) mass is 341 g/mol. The molecule has 108 valence electrons. The molecule has 2 heterocycles. The van der Waals surface area contributed by atoms with Crippen LogP contribution < -0.4 is 9.47 Å². The van der Waals surface area contributed by atoms with Gasteiger partial charge in [-0.3, -0.25) is 4.79 Å². The Kier molecular flexibility index (Phi) is 3.85. The third-order valence-electron chi connectivity index (χ3n) is 3.41. The van der Waals surface area contributed by atoms with E-state index in [-0.39, 0.29) is 24.9 Å². The molecule has 0 aromatic heterocycles. The van der Waals surface area contributed by atoms with Crippen molar-refractivity contribution in [1.82, 2.24) is 4.90 Å². The van der Waals surface area contributed by atoms with Crippen LogP contribution in [0.2, 0.25) is 0 Å². The van der Waals surface area contributed by atoms with Crippen molar-refractivity contribution in [3.8, 4) is 11.5 Å². The largest absolute Gasteiger partial charge is 0.454 e. The topological polar surface area (TPSA) is 48.0 Å². The van der Waals surface area contributed by atoms with Crippen LogP contribution in [0.5, 0.6) is 11.5 Å². The summed E-state index contributed by atoms with van der Waals surface area (Å²) in [6, 6.07) is 5.30. The van der Waals surface area contributed by atoms with Crippen LogP contribution in [-0.2, 0) is 4.74 Å². The molecule has 2 unspecified atom stereocenters. The lowest BCUT2D eigenvalue weighted by molar-refractivity contribution is -0.0559. The van der Waals surface area contributed by atoms with Crippen LogP contribution >= 0.6 is 15.9 Å². The van der Waals surface area contributed by atoms with Gasteiger partial charge < -0.3 is 19.1 Å². The summed E-state index contributed by atoms with van der Waals surface area (Å²) >= 11 is 3.41. The number of rotatable bonds is 2. The fourth-order valence-electron chi connectivity index (χ4n) is 2.51. The first-order chi connectivity index (χ1) is 9.67. The molecule has 20 heavy (non-hydrogen) atoms. The normalized spacial score (nSPS) is 24.8. The van der Waals surface area contributed by atoms with Gasteiger partial charge in [-0.2, -0.15) is 0 Å². The number of ether oxygens (including phenoxy) is 3. The second kappa shape index (κ2) is 5.61. The number of amides is 1. The summed E-state index contributed by atoms with van der Waals surface area (Å²) in [6.45, 7) is 3.40. The Morgan fingerprint density at radius 1 is 1.35 bits per heavy atom. The van der Waals surface area contributed by atoms with E-state index in [1.165, 1.54) is 0 Å². The average molecular weight is 342 g/mol. The molecule has 1 fully saturated rings. The molecule has 2 aliphatic heterocycles. The first kappa shape index (κ1) is 13.7. The van der Waals surface area contributed by atoms with E-state index >= 15 is 0 Å². The SMILES string of the molecule is CC1CN(C(=O)c2ccc3c(c2)OCO3)CC(CBr)O1. The fourth-order valence-corrected chi connectivity index (χ4v) is 2.87. The predicted molar refractivity (Wildman–Crippen MR) is 76.6 cm³/mol. The maximum Gasteiger partial charge on any atom is 0.254 e. The first-order valence-corrected chi connectivity index (χ1v) is 7.70. The van der Waals surface area contributed by atoms with Gasteiger partial charge in [-0.05, 0) is 25.1 Å². The van der Waals surface area contributed by atoms with E-state index in [4.69, 9.17) is 14.2 Å². The van der Waals surface area contributed by atoms with Crippen molar-refractivity contribution in [2.75, 3.05) is 25.2 Å². The molecular weight excluding hydrogens is 326 g/mol. The first-order valence-electron chi connectivity index (χ1n) is 6.57. The smallest absolute Gasteiger partial charge is 0.254 e. The maximum absolute atomic E-state index is 12.6. The highest BCUT2D eigenvalue weighted by atomic mass is 79.9. The van der Waals surface area contributed by atoms with Gasteiger partial charge >= 0.3 is 0 Å². The minimum atomic E-state index is 0.00407. The number of carbonyl (C=O) groups excluding carboxylic acids is 1. The molecule has 0 aliphatic carbocycles. The van der Waals surface area contributed by atoms with Crippen LogP contribution in [0.3, 0.4) is 0 Å². The quantitative estimate of drug-likeness (QED) is 0.772. The Morgan fingerprint density at radius 2 is 2.15 bits per heavy atom. The molecular formula is C14H16BrNO4. The molecule has 2 atom stereocenters. The molecule has 1 amide bonds. The van der Waals surface area contributed by atoms with Gasteiger partial charge in [0.05, 0.1) is 12.2 Å². The van der Waals surface area contributed by atoms with E-state index in [0.717, 1.165) is 5.33 Å². The summed E-state index contributed by atoms with van der Waals surface area (Å²) in [5.41, 5.74) is 0.622. The van der Waals surface area contributed by atoms with E-state index in [0.29, 0.717) is 30.2 Å². The molecule has 5 nitrogen and oxygen atoms in total. The summed E-state index contributed by atoms with van der Waals surface area (Å²) in [6.07, 6.45) is 0.0842. The van der Waals surface area contributed by atoms with E-state index in [1.54, 1.807) is 18.2 Å². The maximum atomic E-state index is 12.6. The zero-order valence-electron chi connectivity index (χ0n) is 11.2. The van der Waals surface area contributed by atoms with Gasteiger partial charge in [0, 0.05) is 24.0 Å². The van der Waals surface area contributed by atoms with E-state index in [2.05, 4.69) is 15.9 Å². The number of morpholine rings is 1. The molecule has 1 aromatic rings. The molecule has 2 aliphatic rings. The van der Waals surface area contributed by atoms with Gasteiger partial charge in [0.25, 0.3) is 5.91 Å². The highest BCUT2D eigenvalue weighted by Gasteiger charge is 2.29. The summed E-state index contributed by atoms with van der Waals surface area (Å²) in [5, 5.41) is 0.724. The summed E-state index contributed by atoms with van der Waals surface area (Å²) in [5.74, 6) is 1.33. The third kappa shape index (κ3) is 2.62. The molecule has 0 radical (unpaired) electrons. The van der Waals surface area contributed by atoms with Crippen molar-refractivity contribution in [3.63, 3.8) is 0 Å². The van der Waals surface area contributed by atoms with Crippen molar-refractivity contribution in [2.24, 2.45) is 0 Å². The van der Waals surface area contributed by atoms with Crippen LogP contribution in [0.25, 0.3) is 0 Å². The van der Waals surface area contributed by atoms with Gasteiger partial charge in [-0.15, -0.1) is 0 Å². The second-order valence-corrected chi connectivity index (χ2v) is 5.65. The van der Waals surface area contributed by atoms with Crippen molar-refractivity contribution >= 4 is 21.8 Å². The standard InChI is InChI=1S/C14H16BrNO4/c1-9-6-16(7-11(5-15)20-9)14(17)10-2-3-12-13(4-10)19-8-18-12/h2-4,9,11H,5-8H2,1H3. The summed E-state index contributed by atoms with van der Waals surface area (Å²) in [4.78, 5) is 14.4. The fraction of sp³-hybridized carbons (Fsp3) is 0.500. The number of carbonyl (C=O) groups is 1. The molecule has 0 N–H and O–H groups in total. The Morgan fingerprint density at radius 3 is 2.95 bits per heavy atom. The third-order valence-corrected chi connectivity index (χ3v) is 4.13. The van der Waals surface area contributed by atoms with Crippen LogP contribution in [0, 0.1) is 0 Å². The zero-order valence-corrected chi connectivity index (χ0v) is 12.8. The number of fused-ring (bicyclic) bond motifs is 1. The Labute approximate surface area is 125 Å². The molecule has 0 saturated carbocycles. The van der Waals surface area contributed by atoms with Crippen molar-refractivity contribution in [3.05, 3.63) is 23.8 Å². The number of benzene rings is 1. The van der Waals surface area contributed by atoms with Crippen LogP contribution in [0.4, 0.5) is 0 Å². The molecule has 1 saturated heterocycles. The molecule has 6 heteroatoms. The van der Waals surface area contributed by atoms with Gasteiger partial charge in [0.2, 0.25) is 6.79 Å². The predicted octanol–water partition coefficient (Wildman–Crippen LogP) is 2.04. The number of hydrogen-bond acceptors (Lipinski definition) is 4. The van der Waals surface area contributed by atoms with Gasteiger partial charge in [-0.1, -0.05) is 15.9 Å². The zero-order chi connectivity index (χ0) is 14.1. The van der Waals surface area contributed by atoms with E-state index < -0.39 is 0 Å². The molecule has 0 spiro atoms. The molecule has 3 rings (SSSR count). The van der Waals surface area contributed by atoms with Gasteiger partial charge in [-0.25, -0.2) is 0 Å². The van der Waals surface area contributed by atoms with E-state index in [1.807, 2.05) is 11.8 Å². The van der Waals surface area contributed by atoms with Gasteiger partial charge in [0.15, 0.2) is 11.5 Å². The number of alkyl halides is 1. The van der Waals surface area contributed by atoms with E-state index in [9.17, 15) is 4.79 Å². The average Bonchev–Trinajstić information content (AvgIpc) is 2.93. The number of nitrogens with zero attached hydrogens (tertiary/aromatic N) is 1. The lowest BCUT2D eigenvalue weighted by Crippen LogP contribution is -2.49. The highest BCUT2D eigenvalue weighted by molar-refractivity contribution is 9.09. The van der Waals surface area contributed by atoms with Gasteiger partial charge in [0.1, 0.15) is 0 Å². The number of halogens is 1. The molecule has 1 aromatic carbocycles. The van der Waals surface area contributed by atoms with Crippen molar-refractivity contribution < 1.29 is 19.0 Å². The Bertz CT molecular complexity index is 522.